The summed E-state index contributed by atoms with van der Waals surface area (Å²) >= 11 is 0. The Balaban J connectivity index is 1.16. The van der Waals surface area contributed by atoms with Crippen LogP contribution in [0.2, 0.25) is 0 Å². The van der Waals surface area contributed by atoms with Gasteiger partial charge in [-0.05, 0) is 62.6 Å². The van der Waals surface area contributed by atoms with Gasteiger partial charge in [0.05, 0.1) is 5.60 Å². The smallest absolute Gasteiger partial charge is 0.336 e. The minimum Gasteiger partial charge on any atom is -0.484 e. The van der Waals surface area contributed by atoms with Crippen molar-refractivity contribution < 1.29 is 23.8 Å². The van der Waals surface area contributed by atoms with E-state index in [4.69, 9.17) is 9.15 Å². The summed E-state index contributed by atoms with van der Waals surface area (Å²) in [4.78, 5) is 39.5. The van der Waals surface area contributed by atoms with Crippen LogP contribution in [-0.2, 0) is 16.0 Å². The number of aliphatic hydroxyl groups is 1. The topological polar surface area (TPSA) is 109 Å². The van der Waals surface area contributed by atoms with Gasteiger partial charge < -0.3 is 24.5 Å². The summed E-state index contributed by atoms with van der Waals surface area (Å²) in [6.45, 7) is 5.32. The number of rotatable bonds is 14. The fourth-order valence-corrected chi connectivity index (χ4v) is 6.81. The molecular formula is C33H48N2O6. The Kier molecular flexibility index (Phi) is 11.3. The molecular weight excluding hydrogens is 520 g/mol. The van der Waals surface area contributed by atoms with Crippen LogP contribution in [0.4, 0.5) is 0 Å². The van der Waals surface area contributed by atoms with Crippen LogP contribution in [0.25, 0.3) is 11.0 Å². The molecule has 0 radical (unpaired) electrons. The Morgan fingerprint density at radius 3 is 2.76 bits per heavy atom. The zero-order valence-corrected chi connectivity index (χ0v) is 24.9. The summed E-state index contributed by atoms with van der Waals surface area (Å²) in [6, 6.07) is 7.01. The van der Waals surface area contributed by atoms with Gasteiger partial charge in [0.1, 0.15) is 11.3 Å². The number of nitrogens with zero attached hydrogens (tertiary/aromatic N) is 1. The second kappa shape index (κ2) is 14.9. The van der Waals surface area contributed by atoms with Crippen LogP contribution in [0.3, 0.4) is 0 Å². The fourth-order valence-electron chi connectivity index (χ4n) is 6.81. The van der Waals surface area contributed by atoms with Gasteiger partial charge in [0.15, 0.2) is 6.61 Å². The van der Waals surface area contributed by atoms with Crippen molar-refractivity contribution in [1.29, 1.82) is 0 Å². The van der Waals surface area contributed by atoms with Crippen LogP contribution in [0.1, 0.15) is 103 Å². The summed E-state index contributed by atoms with van der Waals surface area (Å²) < 4.78 is 11.0. The number of nitrogens with one attached hydrogen (secondary N) is 1. The van der Waals surface area contributed by atoms with Crippen molar-refractivity contribution in [1.82, 2.24) is 10.2 Å². The van der Waals surface area contributed by atoms with Crippen LogP contribution >= 0.6 is 0 Å². The van der Waals surface area contributed by atoms with E-state index in [1.807, 2.05) is 6.07 Å². The number of fused-ring (bicyclic) bond motifs is 2. The Bertz CT molecular complexity index is 1230. The molecule has 2 N–H and O–H groups in total. The van der Waals surface area contributed by atoms with Gasteiger partial charge >= 0.3 is 5.63 Å². The first-order valence-electron chi connectivity index (χ1n) is 15.8. The monoisotopic (exact) mass is 568 g/mol. The van der Waals surface area contributed by atoms with Crippen molar-refractivity contribution in [2.24, 2.45) is 5.92 Å². The lowest BCUT2D eigenvalue weighted by molar-refractivity contribution is -0.155. The third kappa shape index (κ3) is 8.12. The summed E-state index contributed by atoms with van der Waals surface area (Å²) in [7, 11) is 0. The number of benzene rings is 1. The molecule has 8 nitrogen and oxygen atoms in total. The largest absolute Gasteiger partial charge is 0.484 e. The van der Waals surface area contributed by atoms with Crippen LogP contribution in [-0.4, -0.2) is 53.2 Å². The summed E-state index contributed by atoms with van der Waals surface area (Å²) in [5.74, 6) is 0.688. The molecule has 41 heavy (non-hydrogen) atoms. The maximum Gasteiger partial charge on any atom is 0.336 e. The molecule has 2 aliphatic rings. The molecule has 226 valence electrons. The predicted octanol–water partition coefficient (Wildman–Crippen LogP) is 5.51. The minimum atomic E-state index is -0.586. The van der Waals surface area contributed by atoms with Crippen molar-refractivity contribution in [2.45, 2.75) is 115 Å². The lowest BCUT2D eigenvalue weighted by atomic mass is 9.66. The Labute approximate surface area is 243 Å². The van der Waals surface area contributed by atoms with E-state index >= 15 is 0 Å². The van der Waals surface area contributed by atoms with Crippen LogP contribution in [0.5, 0.6) is 5.75 Å². The summed E-state index contributed by atoms with van der Waals surface area (Å²) in [5, 5.41) is 15.0. The maximum atomic E-state index is 13.2. The highest BCUT2D eigenvalue weighted by atomic mass is 16.5. The molecule has 2 amide bonds. The fraction of sp³-hybridized carbons (Fsp3) is 0.667. The molecule has 3 atom stereocenters. The lowest BCUT2D eigenvalue weighted by Crippen LogP contribution is -2.60. The van der Waals surface area contributed by atoms with Crippen LogP contribution in [0, 0.1) is 5.92 Å². The van der Waals surface area contributed by atoms with Crippen LogP contribution in [0.15, 0.2) is 33.5 Å². The number of aryl methyl sites for hydroxylation is 1. The standard InChI is InChI=1S/C33H48N2O6/c1-3-5-13-28-27-12-8-9-17-33(27,39)18-20-35(28)31(37)14-7-6-10-19-34-30(36)23-40-25-15-16-26-24(11-4-2)21-32(38)41-29(26)22-25/h15-16,21-22,27-28,39H,3-14,17-20,23H2,1-2H3,(H,34,36)/t27-,28+,33+/m0/s1. The summed E-state index contributed by atoms with van der Waals surface area (Å²) in [5.41, 5.74) is 0.441. The number of unbranched alkanes of at least 4 members (excludes halogenated alkanes) is 3. The molecule has 0 unspecified atom stereocenters. The average molecular weight is 569 g/mol. The highest BCUT2D eigenvalue weighted by molar-refractivity contribution is 5.82. The number of carbonyl (C=O) groups is 2. The number of piperidine rings is 1. The second-order valence-corrected chi connectivity index (χ2v) is 12.0. The van der Waals surface area contributed by atoms with Crippen LogP contribution < -0.4 is 15.7 Å². The molecule has 1 aromatic carbocycles. The third-order valence-electron chi connectivity index (χ3n) is 8.97. The highest BCUT2D eigenvalue weighted by Crippen LogP contribution is 2.44. The van der Waals surface area contributed by atoms with Crippen molar-refractivity contribution in [3.63, 3.8) is 0 Å². The Morgan fingerprint density at radius 2 is 1.95 bits per heavy atom. The number of likely N-dealkylation sites (tertiary alicyclic amines) is 1. The number of ether oxygens (including phenoxy) is 1. The zero-order valence-electron chi connectivity index (χ0n) is 24.9. The van der Waals surface area contributed by atoms with Crippen molar-refractivity contribution >= 4 is 22.8 Å². The molecule has 1 saturated carbocycles. The number of hydrogen-bond donors (Lipinski definition) is 2. The van der Waals surface area contributed by atoms with E-state index in [2.05, 4.69) is 24.1 Å². The van der Waals surface area contributed by atoms with E-state index in [1.54, 1.807) is 12.1 Å². The normalized spacial score (nSPS) is 22.4. The maximum absolute atomic E-state index is 13.2. The SMILES string of the molecule is CCCC[C@@H]1[C@@H]2CCCC[C@@]2(O)CCN1C(=O)CCCCCNC(=O)COc1ccc2c(CCC)cc(=O)oc2c1. The molecule has 2 fully saturated rings. The quantitative estimate of drug-likeness (QED) is 0.230. The third-order valence-corrected chi connectivity index (χ3v) is 8.97. The van der Waals surface area contributed by atoms with E-state index < -0.39 is 5.60 Å². The highest BCUT2D eigenvalue weighted by Gasteiger charge is 2.48. The number of hydrogen-bond acceptors (Lipinski definition) is 6. The molecule has 0 spiro atoms. The van der Waals surface area contributed by atoms with E-state index in [-0.39, 0.29) is 36.0 Å². The molecule has 1 saturated heterocycles. The van der Waals surface area contributed by atoms with Crippen molar-refractivity contribution in [2.75, 3.05) is 19.7 Å². The number of carbonyl (C=O) groups excluding carboxylic acids is 2. The first kappa shape index (κ1) is 31.1. The molecule has 0 bridgehead atoms. The molecule has 1 aliphatic carbocycles. The van der Waals surface area contributed by atoms with Gasteiger partial charge in [-0.2, -0.15) is 0 Å². The number of amides is 2. The van der Waals surface area contributed by atoms with E-state index in [1.165, 1.54) is 6.07 Å². The first-order valence-corrected chi connectivity index (χ1v) is 15.8. The molecule has 2 heterocycles. The molecule has 8 heteroatoms. The average Bonchev–Trinajstić information content (AvgIpc) is 2.96. The van der Waals surface area contributed by atoms with E-state index in [9.17, 15) is 19.5 Å². The molecule has 4 rings (SSSR count). The zero-order chi connectivity index (χ0) is 29.2. The minimum absolute atomic E-state index is 0.121. The van der Waals surface area contributed by atoms with Gasteiger partial charge in [0.25, 0.3) is 5.91 Å². The van der Waals surface area contributed by atoms with Gasteiger partial charge in [-0.3, -0.25) is 9.59 Å². The predicted molar refractivity (Wildman–Crippen MR) is 160 cm³/mol. The van der Waals surface area contributed by atoms with Crippen molar-refractivity contribution in [3.8, 4) is 5.75 Å². The summed E-state index contributed by atoms with van der Waals surface area (Å²) in [6.07, 6.45) is 12.7. The van der Waals surface area contributed by atoms with E-state index in [0.29, 0.717) is 37.3 Å². The van der Waals surface area contributed by atoms with Gasteiger partial charge in [-0.25, -0.2) is 4.79 Å². The van der Waals surface area contributed by atoms with Gasteiger partial charge in [0, 0.05) is 49.0 Å². The lowest BCUT2D eigenvalue weighted by Gasteiger charge is -2.52. The first-order chi connectivity index (χ1) is 19.8. The Morgan fingerprint density at radius 1 is 1.10 bits per heavy atom. The van der Waals surface area contributed by atoms with E-state index in [0.717, 1.165) is 88.0 Å². The molecule has 2 aromatic rings. The van der Waals surface area contributed by atoms with Gasteiger partial charge in [-0.1, -0.05) is 52.4 Å². The van der Waals surface area contributed by atoms with Gasteiger partial charge in [0.2, 0.25) is 5.91 Å². The second-order valence-electron chi connectivity index (χ2n) is 12.0. The Hall–Kier alpha value is -2.87. The molecule has 1 aliphatic heterocycles. The molecule has 1 aromatic heterocycles. The van der Waals surface area contributed by atoms with Gasteiger partial charge in [-0.15, -0.1) is 0 Å². The van der Waals surface area contributed by atoms with Crippen molar-refractivity contribution in [3.05, 3.63) is 40.2 Å².